The molecular formula is C26H35N3O2. The van der Waals surface area contributed by atoms with E-state index in [-0.39, 0.29) is 36.7 Å². The molecule has 2 fully saturated rings. The lowest BCUT2D eigenvalue weighted by Gasteiger charge is -2.57. The topological polar surface area (TPSA) is 55.8 Å². The molecule has 0 unspecified atom stereocenters. The number of urea groups is 1. The largest absolute Gasteiger partial charge is 0.395 e. The van der Waals surface area contributed by atoms with Gasteiger partial charge in [-0.15, -0.1) is 0 Å². The highest BCUT2D eigenvalue weighted by Crippen LogP contribution is 2.42. The van der Waals surface area contributed by atoms with Gasteiger partial charge in [-0.1, -0.05) is 54.1 Å². The van der Waals surface area contributed by atoms with Gasteiger partial charge in [0.1, 0.15) is 0 Å². The SMILES string of the molecule is Cc1cccc(-c2ccc([C@H]3[C@H](CO)N4CCCCN(C(=O)NC(C)C)C[C@@H]34)cc2)c1. The number of aliphatic hydroxyl groups is 1. The third-order valence-electron chi connectivity index (χ3n) is 6.72. The lowest BCUT2D eigenvalue weighted by atomic mass is 9.74. The van der Waals surface area contributed by atoms with E-state index in [2.05, 4.69) is 65.7 Å². The van der Waals surface area contributed by atoms with E-state index < -0.39 is 0 Å². The molecule has 2 amide bonds. The van der Waals surface area contributed by atoms with E-state index >= 15 is 0 Å². The molecule has 166 valence electrons. The summed E-state index contributed by atoms with van der Waals surface area (Å²) in [5, 5.41) is 13.2. The van der Waals surface area contributed by atoms with Crippen molar-refractivity contribution in [1.82, 2.24) is 15.1 Å². The van der Waals surface area contributed by atoms with Crippen molar-refractivity contribution in [3.63, 3.8) is 0 Å². The fraction of sp³-hybridized carbons (Fsp3) is 0.500. The molecule has 2 saturated heterocycles. The minimum atomic E-state index is 0.0258. The first-order chi connectivity index (χ1) is 15.0. The Morgan fingerprint density at radius 1 is 1.10 bits per heavy atom. The first kappa shape index (κ1) is 21.8. The molecule has 0 aromatic heterocycles. The normalized spacial score (nSPS) is 24.2. The Hall–Kier alpha value is -2.37. The molecule has 2 aliphatic heterocycles. The quantitative estimate of drug-likeness (QED) is 0.784. The van der Waals surface area contributed by atoms with Gasteiger partial charge in [0, 0.05) is 37.1 Å². The van der Waals surface area contributed by atoms with Gasteiger partial charge in [-0.2, -0.15) is 0 Å². The van der Waals surface area contributed by atoms with Crippen LogP contribution in [0.25, 0.3) is 11.1 Å². The zero-order valence-corrected chi connectivity index (χ0v) is 18.9. The third-order valence-corrected chi connectivity index (χ3v) is 6.72. The Balaban J connectivity index is 1.55. The summed E-state index contributed by atoms with van der Waals surface area (Å²) in [6, 6.07) is 17.9. The lowest BCUT2D eigenvalue weighted by Crippen LogP contribution is -2.68. The van der Waals surface area contributed by atoms with Crippen molar-refractivity contribution >= 4 is 6.03 Å². The molecule has 2 aromatic rings. The summed E-state index contributed by atoms with van der Waals surface area (Å²) < 4.78 is 0. The molecule has 0 bridgehead atoms. The van der Waals surface area contributed by atoms with Crippen molar-refractivity contribution in [3.05, 3.63) is 59.7 Å². The van der Waals surface area contributed by atoms with Crippen LogP contribution in [0.2, 0.25) is 0 Å². The monoisotopic (exact) mass is 421 g/mol. The van der Waals surface area contributed by atoms with Gasteiger partial charge in [-0.05, 0) is 56.8 Å². The molecule has 31 heavy (non-hydrogen) atoms. The fourth-order valence-electron chi connectivity index (χ4n) is 5.19. The summed E-state index contributed by atoms with van der Waals surface area (Å²) in [5.41, 5.74) is 4.94. The fourth-order valence-corrected chi connectivity index (χ4v) is 5.19. The zero-order valence-electron chi connectivity index (χ0n) is 18.9. The van der Waals surface area contributed by atoms with Gasteiger partial charge in [-0.25, -0.2) is 4.79 Å². The van der Waals surface area contributed by atoms with Gasteiger partial charge in [0.2, 0.25) is 0 Å². The van der Waals surface area contributed by atoms with Gasteiger partial charge in [0.25, 0.3) is 0 Å². The molecule has 0 aliphatic carbocycles. The van der Waals surface area contributed by atoms with Gasteiger partial charge in [0.15, 0.2) is 0 Å². The van der Waals surface area contributed by atoms with Crippen molar-refractivity contribution in [1.29, 1.82) is 0 Å². The van der Waals surface area contributed by atoms with Crippen molar-refractivity contribution in [2.24, 2.45) is 0 Å². The molecule has 4 rings (SSSR count). The molecule has 2 N–H and O–H groups in total. The van der Waals surface area contributed by atoms with Crippen LogP contribution in [0.15, 0.2) is 48.5 Å². The molecule has 0 saturated carbocycles. The van der Waals surface area contributed by atoms with Gasteiger partial charge >= 0.3 is 6.03 Å². The van der Waals surface area contributed by atoms with E-state index in [4.69, 9.17) is 0 Å². The predicted molar refractivity (Wildman–Crippen MR) is 125 cm³/mol. The van der Waals surface area contributed by atoms with E-state index in [0.29, 0.717) is 6.54 Å². The van der Waals surface area contributed by atoms with Gasteiger partial charge in [0.05, 0.1) is 6.61 Å². The van der Waals surface area contributed by atoms with Crippen LogP contribution < -0.4 is 5.32 Å². The number of aliphatic hydroxyl groups excluding tert-OH is 1. The number of carbonyl (C=O) groups excluding carboxylic acids is 1. The number of nitrogens with one attached hydrogen (secondary N) is 1. The van der Waals surface area contributed by atoms with E-state index in [1.807, 2.05) is 18.7 Å². The maximum absolute atomic E-state index is 12.7. The van der Waals surface area contributed by atoms with Crippen molar-refractivity contribution in [2.75, 3.05) is 26.2 Å². The molecule has 3 atom stereocenters. The minimum absolute atomic E-state index is 0.0258. The van der Waals surface area contributed by atoms with Crippen LogP contribution in [-0.4, -0.2) is 65.3 Å². The second kappa shape index (κ2) is 9.41. The number of benzene rings is 2. The smallest absolute Gasteiger partial charge is 0.317 e. The maximum atomic E-state index is 12.7. The van der Waals surface area contributed by atoms with Crippen LogP contribution in [0, 0.1) is 6.92 Å². The van der Waals surface area contributed by atoms with Crippen molar-refractivity contribution in [2.45, 2.75) is 57.7 Å². The molecule has 0 spiro atoms. The number of aryl methyl sites for hydroxylation is 1. The van der Waals surface area contributed by atoms with Gasteiger partial charge in [-0.3, -0.25) is 4.90 Å². The highest BCUT2D eigenvalue weighted by Gasteiger charge is 2.49. The number of rotatable bonds is 4. The van der Waals surface area contributed by atoms with Gasteiger partial charge < -0.3 is 15.3 Å². The van der Waals surface area contributed by atoms with Crippen molar-refractivity contribution < 1.29 is 9.90 Å². The third kappa shape index (κ3) is 4.63. The molecular weight excluding hydrogens is 386 g/mol. The van der Waals surface area contributed by atoms with E-state index in [9.17, 15) is 9.90 Å². The second-order valence-corrected chi connectivity index (χ2v) is 9.33. The Bertz CT molecular complexity index is 896. The number of hydrogen-bond acceptors (Lipinski definition) is 3. The van der Waals surface area contributed by atoms with E-state index in [1.54, 1.807) is 0 Å². The van der Waals surface area contributed by atoms with Crippen LogP contribution >= 0.6 is 0 Å². The molecule has 5 nitrogen and oxygen atoms in total. The molecule has 2 aliphatic rings. The summed E-state index contributed by atoms with van der Waals surface area (Å²) >= 11 is 0. The molecule has 2 aromatic carbocycles. The Morgan fingerprint density at radius 3 is 2.52 bits per heavy atom. The summed E-state index contributed by atoms with van der Waals surface area (Å²) in [7, 11) is 0. The predicted octanol–water partition coefficient (Wildman–Crippen LogP) is 4.00. The first-order valence-electron chi connectivity index (χ1n) is 11.6. The average Bonchev–Trinajstić information content (AvgIpc) is 2.72. The van der Waals surface area contributed by atoms with Crippen LogP contribution in [-0.2, 0) is 0 Å². The van der Waals surface area contributed by atoms with Crippen LogP contribution in [0.4, 0.5) is 4.79 Å². The summed E-state index contributed by atoms with van der Waals surface area (Å²) in [5.74, 6) is 0.240. The van der Waals surface area contributed by atoms with Crippen LogP contribution in [0.1, 0.15) is 43.7 Å². The number of nitrogens with zero attached hydrogens (tertiary/aromatic N) is 2. The number of carbonyl (C=O) groups is 1. The molecule has 2 heterocycles. The van der Waals surface area contributed by atoms with E-state index in [1.165, 1.54) is 22.3 Å². The standard InChI is InChI=1S/C26H35N3O2/c1-18(2)27-26(31)28-13-4-5-14-29-23(16-28)25(24(29)17-30)21-11-9-20(10-12-21)22-8-6-7-19(3)15-22/h6-12,15,18,23-25,30H,4-5,13-14,16-17H2,1-3H3,(H,27,31)/t23-,24-,25+/m0/s1. The summed E-state index contributed by atoms with van der Waals surface area (Å²) in [4.78, 5) is 17.1. The Kier molecular flexibility index (Phi) is 6.63. The second-order valence-electron chi connectivity index (χ2n) is 9.33. The zero-order chi connectivity index (χ0) is 22.0. The highest BCUT2D eigenvalue weighted by atomic mass is 16.3. The van der Waals surface area contributed by atoms with Crippen molar-refractivity contribution in [3.8, 4) is 11.1 Å². The van der Waals surface area contributed by atoms with Crippen LogP contribution in [0.5, 0.6) is 0 Å². The van der Waals surface area contributed by atoms with Crippen LogP contribution in [0.3, 0.4) is 0 Å². The molecule has 5 heteroatoms. The number of fused-ring (bicyclic) bond motifs is 1. The Morgan fingerprint density at radius 2 is 1.84 bits per heavy atom. The highest BCUT2D eigenvalue weighted by molar-refractivity contribution is 5.74. The maximum Gasteiger partial charge on any atom is 0.317 e. The first-order valence-corrected chi connectivity index (χ1v) is 11.6. The summed E-state index contributed by atoms with van der Waals surface area (Å²) in [6.07, 6.45) is 2.06. The Labute approximate surface area is 186 Å². The minimum Gasteiger partial charge on any atom is -0.395 e. The average molecular weight is 422 g/mol. The lowest BCUT2D eigenvalue weighted by molar-refractivity contribution is -0.0591. The summed E-state index contributed by atoms with van der Waals surface area (Å²) in [6.45, 7) is 8.76. The number of hydrogen-bond donors (Lipinski definition) is 2. The number of amides is 2. The molecule has 0 radical (unpaired) electrons. The van der Waals surface area contributed by atoms with E-state index in [0.717, 1.165) is 25.9 Å².